The predicted molar refractivity (Wildman–Crippen MR) is 122 cm³/mol. The fraction of sp³-hybridized carbons (Fsp3) is 0.455. The van der Waals surface area contributed by atoms with Gasteiger partial charge in [0.25, 0.3) is 0 Å². The zero-order valence-electron chi connectivity index (χ0n) is 18.2. The van der Waals surface area contributed by atoms with E-state index in [1.165, 1.54) is 12.1 Å². The van der Waals surface area contributed by atoms with E-state index in [1.54, 1.807) is 13.8 Å². The van der Waals surface area contributed by atoms with Gasteiger partial charge in [-0.05, 0) is 44.7 Å². The first kappa shape index (κ1) is 22.8. The van der Waals surface area contributed by atoms with Gasteiger partial charge in [-0.25, -0.2) is 18.7 Å². The quantitative estimate of drug-likeness (QED) is 0.443. The predicted octanol–water partition coefficient (Wildman–Crippen LogP) is 5.51. The summed E-state index contributed by atoms with van der Waals surface area (Å²) in [6, 6.07) is 2.11. The van der Waals surface area contributed by atoms with Gasteiger partial charge >= 0.3 is 7.60 Å². The zero-order valence-corrected chi connectivity index (χ0v) is 19.1. The molecule has 7 nitrogen and oxygen atoms in total. The molecule has 0 radical (unpaired) electrons. The van der Waals surface area contributed by atoms with E-state index in [4.69, 9.17) is 9.05 Å². The lowest BCUT2D eigenvalue weighted by Crippen LogP contribution is -2.35. The van der Waals surface area contributed by atoms with Gasteiger partial charge in [-0.1, -0.05) is 6.58 Å². The third kappa shape index (κ3) is 4.42. The highest BCUT2D eigenvalue weighted by molar-refractivity contribution is 7.53. The normalized spacial score (nSPS) is 15.7. The summed E-state index contributed by atoms with van der Waals surface area (Å²) < 4.78 is 52.1. The Balaban J connectivity index is 1.63. The molecule has 0 atom stereocenters. The van der Waals surface area contributed by atoms with E-state index in [-0.39, 0.29) is 11.3 Å². The number of benzene rings is 1. The van der Waals surface area contributed by atoms with Gasteiger partial charge in [-0.2, -0.15) is 0 Å². The summed E-state index contributed by atoms with van der Waals surface area (Å²) in [4.78, 5) is 14.2. The van der Waals surface area contributed by atoms with Crippen molar-refractivity contribution in [3.63, 3.8) is 0 Å². The summed E-state index contributed by atoms with van der Waals surface area (Å²) >= 11 is 0. The van der Waals surface area contributed by atoms with Gasteiger partial charge in [0.2, 0.25) is 0 Å². The third-order valence-electron chi connectivity index (χ3n) is 5.69. The monoisotopic (exact) mass is 464 g/mol. The summed E-state index contributed by atoms with van der Waals surface area (Å²) in [6.07, 6.45) is 3.46. The van der Waals surface area contributed by atoms with Crippen molar-refractivity contribution in [1.29, 1.82) is 0 Å². The van der Waals surface area contributed by atoms with Crippen molar-refractivity contribution >= 4 is 41.4 Å². The number of nitrogens with zero attached hydrogens (tertiary/aromatic N) is 3. The average Bonchev–Trinajstić information content (AvgIpc) is 3.12. The minimum absolute atomic E-state index is 0.195. The molecule has 3 heterocycles. The summed E-state index contributed by atoms with van der Waals surface area (Å²) in [7, 11) is -3.10. The number of aromatic amines is 1. The molecule has 0 saturated carbocycles. The molecule has 0 bridgehead atoms. The highest BCUT2D eigenvalue weighted by atomic mass is 31.2. The third-order valence-corrected chi connectivity index (χ3v) is 7.96. The summed E-state index contributed by atoms with van der Waals surface area (Å²) in [6.45, 7) is 9.38. The van der Waals surface area contributed by atoms with E-state index < -0.39 is 19.2 Å². The summed E-state index contributed by atoms with van der Waals surface area (Å²) in [5, 5.41) is 0.234. The van der Waals surface area contributed by atoms with E-state index >= 15 is 0 Å². The van der Waals surface area contributed by atoms with Crippen LogP contribution in [0.25, 0.3) is 28.0 Å². The van der Waals surface area contributed by atoms with Crippen LogP contribution >= 0.6 is 7.60 Å². The number of piperidine rings is 1. The van der Waals surface area contributed by atoms with Gasteiger partial charge in [-0.3, -0.25) is 4.57 Å². The second-order valence-corrected chi connectivity index (χ2v) is 9.93. The number of H-pyrrole nitrogens is 1. The molecule has 0 amide bonds. The van der Waals surface area contributed by atoms with Crippen LogP contribution in [0.15, 0.2) is 18.7 Å². The number of halogens is 2. The lowest BCUT2D eigenvalue weighted by atomic mass is 9.99. The Morgan fingerprint density at radius 1 is 1.22 bits per heavy atom. The summed E-state index contributed by atoms with van der Waals surface area (Å²) in [5.74, 6) is -0.143. The molecule has 4 rings (SSSR count). The fourth-order valence-electron chi connectivity index (χ4n) is 4.31. The minimum Gasteiger partial charge on any atom is -0.355 e. The van der Waals surface area contributed by atoms with Crippen LogP contribution < -0.4 is 4.90 Å². The van der Waals surface area contributed by atoms with Crippen LogP contribution in [0, 0.1) is 17.6 Å². The standard InChI is InChI=1S/C22H27F2N4O3P/c1-4-18-26-20-19-16(24)11-15(23)12-17(19)25-21(20)22(27-18)28-9-7-14(8-10-28)13-32(29,30-5-2)31-6-3/h4,11-12,14,25H,1,5-10,13H2,2-3H3. The Morgan fingerprint density at radius 2 is 1.91 bits per heavy atom. The van der Waals surface area contributed by atoms with E-state index in [1.807, 2.05) is 0 Å². The topological polar surface area (TPSA) is 80.3 Å². The van der Waals surface area contributed by atoms with Crippen LogP contribution in [0.5, 0.6) is 0 Å². The van der Waals surface area contributed by atoms with Crippen molar-refractivity contribution in [2.45, 2.75) is 26.7 Å². The van der Waals surface area contributed by atoms with Crippen molar-refractivity contribution < 1.29 is 22.4 Å². The first-order valence-electron chi connectivity index (χ1n) is 10.8. The molecule has 3 aromatic rings. The lowest BCUT2D eigenvalue weighted by Gasteiger charge is -2.34. The molecule has 1 saturated heterocycles. The molecule has 1 fully saturated rings. The molecule has 1 aliphatic heterocycles. The molecular formula is C22H27F2N4O3P. The maximum absolute atomic E-state index is 14.5. The van der Waals surface area contributed by atoms with E-state index in [0.717, 1.165) is 18.9 Å². The van der Waals surface area contributed by atoms with Crippen LogP contribution in [0.2, 0.25) is 0 Å². The number of hydrogen-bond donors (Lipinski definition) is 1. The van der Waals surface area contributed by atoms with Gasteiger partial charge in [-0.15, -0.1) is 0 Å². The molecule has 1 aliphatic rings. The van der Waals surface area contributed by atoms with E-state index in [2.05, 4.69) is 26.4 Å². The molecule has 0 unspecified atom stereocenters. The number of fused-ring (bicyclic) bond motifs is 3. The molecule has 0 aliphatic carbocycles. The fourth-order valence-corrected chi connectivity index (χ4v) is 6.38. The van der Waals surface area contributed by atoms with Gasteiger partial charge in [0.1, 0.15) is 22.7 Å². The largest absolute Gasteiger partial charge is 0.355 e. The highest BCUT2D eigenvalue weighted by Crippen LogP contribution is 2.51. The van der Waals surface area contributed by atoms with E-state index in [0.29, 0.717) is 60.7 Å². The Labute approximate surface area is 185 Å². The van der Waals surface area contributed by atoms with Gasteiger partial charge in [0, 0.05) is 19.2 Å². The van der Waals surface area contributed by atoms with Crippen molar-refractivity contribution in [2.24, 2.45) is 5.92 Å². The zero-order chi connectivity index (χ0) is 22.9. The van der Waals surface area contributed by atoms with Crippen LogP contribution in [-0.4, -0.2) is 47.4 Å². The second kappa shape index (κ2) is 9.25. The molecule has 32 heavy (non-hydrogen) atoms. The number of nitrogens with one attached hydrogen (secondary N) is 1. The lowest BCUT2D eigenvalue weighted by molar-refractivity contribution is 0.213. The minimum atomic E-state index is -3.10. The van der Waals surface area contributed by atoms with Crippen molar-refractivity contribution in [3.8, 4) is 0 Å². The first-order valence-corrected chi connectivity index (χ1v) is 12.5. The van der Waals surface area contributed by atoms with Crippen LogP contribution in [0.3, 0.4) is 0 Å². The number of hydrogen-bond acceptors (Lipinski definition) is 6. The Bertz CT molecular complexity index is 1180. The van der Waals surface area contributed by atoms with Gasteiger partial charge in [0.15, 0.2) is 11.6 Å². The molecule has 2 aromatic heterocycles. The van der Waals surface area contributed by atoms with Crippen molar-refractivity contribution in [1.82, 2.24) is 15.0 Å². The molecule has 1 aromatic carbocycles. The Morgan fingerprint density at radius 3 is 2.53 bits per heavy atom. The SMILES string of the molecule is C=Cc1nc(N2CCC(CP(=O)(OCC)OCC)CC2)c2[nH]c3cc(F)cc(F)c3c2n1. The highest BCUT2D eigenvalue weighted by Gasteiger charge is 2.32. The van der Waals surface area contributed by atoms with Crippen LogP contribution in [-0.2, 0) is 13.6 Å². The molecule has 172 valence electrons. The van der Waals surface area contributed by atoms with Gasteiger partial charge in [0.05, 0.1) is 30.3 Å². The Kier molecular flexibility index (Phi) is 6.60. The number of rotatable bonds is 8. The maximum Gasteiger partial charge on any atom is 0.330 e. The summed E-state index contributed by atoms with van der Waals surface area (Å²) in [5.41, 5.74) is 1.29. The van der Waals surface area contributed by atoms with Crippen molar-refractivity contribution in [3.05, 3.63) is 36.2 Å². The number of aromatic nitrogens is 3. The molecule has 10 heteroatoms. The smallest absolute Gasteiger partial charge is 0.330 e. The second-order valence-electron chi connectivity index (χ2n) is 7.83. The molecular weight excluding hydrogens is 437 g/mol. The van der Waals surface area contributed by atoms with Crippen LogP contribution in [0.4, 0.5) is 14.6 Å². The number of anilines is 1. The van der Waals surface area contributed by atoms with Crippen molar-refractivity contribution in [2.75, 3.05) is 37.4 Å². The Hall–Kier alpha value is -2.35. The van der Waals surface area contributed by atoms with Crippen LogP contribution in [0.1, 0.15) is 32.5 Å². The molecule has 1 N–H and O–H groups in total. The van der Waals surface area contributed by atoms with E-state index in [9.17, 15) is 13.3 Å². The first-order chi connectivity index (χ1) is 15.4. The maximum atomic E-state index is 14.5. The molecule has 0 spiro atoms. The van der Waals surface area contributed by atoms with Gasteiger partial charge < -0.3 is 18.9 Å². The average molecular weight is 464 g/mol.